The van der Waals surface area contributed by atoms with Crippen molar-refractivity contribution in [3.8, 4) is 5.75 Å². The van der Waals surface area contributed by atoms with Gasteiger partial charge in [0.15, 0.2) is 0 Å². The van der Waals surface area contributed by atoms with Crippen molar-refractivity contribution in [2.24, 2.45) is 0 Å². The smallest absolute Gasteiger partial charge is 0.256 e. The second-order valence-corrected chi connectivity index (χ2v) is 6.59. The summed E-state index contributed by atoms with van der Waals surface area (Å²) < 4.78 is 11.1. The summed E-state index contributed by atoms with van der Waals surface area (Å²) in [5, 5.41) is 0.930. The Bertz CT molecular complexity index is 790. The molecule has 126 valence electrons. The maximum atomic E-state index is 13.2. The molecule has 1 aliphatic heterocycles. The van der Waals surface area contributed by atoms with Crippen LogP contribution in [-0.2, 0) is 4.74 Å². The van der Waals surface area contributed by atoms with Gasteiger partial charge in [-0.2, -0.15) is 0 Å². The molecule has 2 heterocycles. The Hall–Kier alpha value is -2.14. The van der Waals surface area contributed by atoms with Gasteiger partial charge in [0, 0.05) is 11.9 Å². The van der Waals surface area contributed by atoms with Crippen LogP contribution in [0.5, 0.6) is 5.75 Å². The first-order chi connectivity index (χ1) is 11.7. The van der Waals surface area contributed by atoms with Gasteiger partial charge >= 0.3 is 0 Å². The van der Waals surface area contributed by atoms with Gasteiger partial charge in [-0.25, -0.2) is 0 Å². The highest BCUT2D eigenvalue weighted by molar-refractivity contribution is 5.99. The third-order valence-corrected chi connectivity index (χ3v) is 5.19. The molecule has 2 fully saturated rings. The van der Waals surface area contributed by atoms with E-state index in [-0.39, 0.29) is 18.1 Å². The van der Waals surface area contributed by atoms with Crippen molar-refractivity contribution in [3.05, 3.63) is 35.5 Å². The van der Waals surface area contributed by atoms with Crippen LogP contribution >= 0.6 is 0 Å². The fraction of sp³-hybridized carbons (Fsp3) is 0.474. The van der Waals surface area contributed by atoms with E-state index in [1.165, 1.54) is 0 Å². The number of benzene rings is 1. The molecule has 2 atom stereocenters. The second kappa shape index (κ2) is 6.06. The van der Waals surface area contributed by atoms with Crippen molar-refractivity contribution in [1.82, 2.24) is 9.88 Å². The van der Waals surface area contributed by atoms with E-state index >= 15 is 0 Å². The zero-order valence-electron chi connectivity index (χ0n) is 14.1. The lowest BCUT2D eigenvalue weighted by atomic mass is 10.0. The number of hydrogen-bond acceptors (Lipinski definition) is 4. The standard InChI is InChI=1S/C19H22N2O3/c1-12-15(11-13-10-14(23-2)6-7-16(13)20-12)19(22)21-8-9-24-18-5-3-4-17(18)21/h6-7,10-11,17-18H,3-5,8-9H2,1-2H3/t17-,18+/m1/s1. The number of morpholine rings is 1. The van der Waals surface area contributed by atoms with Crippen LogP contribution in [0.25, 0.3) is 10.9 Å². The van der Waals surface area contributed by atoms with E-state index in [0.717, 1.165) is 41.6 Å². The second-order valence-electron chi connectivity index (χ2n) is 6.59. The van der Waals surface area contributed by atoms with Crippen molar-refractivity contribution in [2.45, 2.75) is 38.3 Å². The van der Waals surface area contributed by atoms with E-state index in [1.54, 1.807) is 7.11 Å². The number of ether oxygens (including phenoxy) is 2. The van der Waals surface area contributed by atoms with Crippen LogP contribution < -0.4 is 4.74 Å². The van der Waals surface area contributed by atoms with Crippen LogP contribution in [0.15, 0.2) is 24.3 Å². The van der Waals surface area contributed by atoms with Crippen LogP contribution in [0, 0.1) is 6.92 Å². The van der Waals surface area contributed by atoms with E-state index in [0.29, 0.717) is 18.7 Å². The van der Waals surface area contributed by atoms with Crippen molar-refractivity contribution in [3.63, 3.8) is 0 Å². The number of methoxy groups -OCH3 is 1. The summed E-state index contributed by atoms with van der Waals surface area (Å²) in [4.78, 5) is 19.8. The van der Waals surface area contributed by atoms with Gasteiger partial charge in [0.1, 0.15) is 5.75 Å². The zero-order valence-corrected chi connectivity index (χ0v) is 14.1. The Morgan fingerprint density at radius 1 is 1.33 bits per heavy atom. The highest BCUT2D eigenvalue weighted by Gasteiger charge is 2.39. The van der Waals surface area contributed by atoms with Crippen LogP contribution in [-0.4, -0.2) is 48.2 Å². The maximum absolute atomic E-state index is 13.2. The highest BCUT2D eigenvalue weighted by atomic mass is 16.5. The highest BCUT2D eigenvalue weighted by Crippen LogP contribution is 2.31. The third-order valence-electron chi connectivity index (χ3n) is 5.19. The number of nitrogens with zero attached hydrogens (tertiary/aromatic N) is 2. The van der Waals surface area contributed by atoms with Crippen LogP contribution in [0.1, 0.15) is 35.3 Å². The average molecular weight is 326 g/mol. The molecule has 0 radical (unpaired) electrons. The van der Waals surface area contributed by atoms with E-state index in [1.807, 2.05) is 36.1 Å². The minimum absolute atomic E-state index is 0.0740. The predicted molar refractivity (Wildman–Crippen MR) is 91.4 cm³/mol. The maximum Gasteiger partial charge on any atom is 0.256 e. The molecule has 2 aliphatic rings. The molecule has 1 aromatic carbocycles. The number of aromatic nitrogens is 1. The number of hydrogen-bond donors (Lipinski definition) is 0. The largest absolute Gasteiger partial charge is 0.497 e. The number of rotatable bonds is 2. The summed E-state index contributed by atoms with van der Waals surface area (Å²) in [6.07, 6.45) is 3.42. The monoisotopic (exact) mass is 326 g/mol. The Balaban J connectivity index is 1.71. The molecule has 1 aliphatic carbocycles. The number of carbonyl (C=O) groups excluding carboxylic acids is 1. The first kappa shape index (κ1) is 15.4. The summed E-state index contributed by atoms with van der Waals surface area (Å²) in [7, 11) is 1.64. The molecule has 0 spiro atoms. The van der Waals surface area contributed by atoms with Gasteiger partial charge in [-0.1, -0.05) is 0 Å². The van der Waals surface area contributed by atoms with Crippen molar-refractivity contribution in [2.75, 3.05) is 20.3 Å². The van der Waals surface area contributed by atoms with Gasteiger partial charge in [0.25, 0.3) is 5.91 Å². The Morgan fingerprint density at radius 2 is 2.21 bits per heavy atom. The molecule has 1 amide bonds. The molecular weight excluding hydrogens is 304 g/mol. The summed E-state index contributed by atoms with van der Waals surface area (Å²) in [5.74, 6) is 0.846. The lowest BCUT2D eigenvalue weighted by molar-refractivity contribution is -0.0445. The molecule has 0 unspecified atom stereocenters. The summed E-state index contributed by atoms with van der Waals surface area (Å²) >= 11 is 0. The van der Waals surface area contributed by atoms with Crippen LogP contribution in [0.2, 0.25) is 0 Å². The van der Waals surface area contributed by atoms with Gasteiger partial charge < -0.3 is 14.4 Å². The van der Waals surface area contributed by atoms with Gasteiger partial charge in [0.05, 0.1) is 42.6 Å². The lowest BCUT2D eigenvalue weighted by Crippen LogP contribution is -2.51. The normalized spacial score (nSPS) is 23.3. The Labute approximate surface area is 141 Å². The van der Waals surface area contributed by atoms with Gasteiger partial charge in [-0.15, -0.1) is 0 Å². The summed E-state index contributed by atoms with van der Waals surface area (Å²) in [5.41, 5.74) is 2.34. The SMILES string of the molecule is COc1ccc2nc(C)c(C(=O)N3CCO[C@H]4CCC[C@H]43)cc2c1. The molecule has 2 aromatic rings. The zero-order chi connectivity index (χ0) is 16.7. The molecule has 5 nitrogen and oxygen atoms in total. The molecule has 4 rings (SSSR count). The van der Waals surface area contributed by atoms with E-state index in [4.69, 9.17) is 9.47 Å². The molecule has 0 bridgehead atoms. The van der Waals surface area contributed by atoms with Crippen molar-refractivity contribution < 1.29 is 14.3 Å². The fourth-order valence-electron chi connectivity index (χ4n) is 3.93. The fourth-order valence-corrected chi connectivity index (χ4v) is 3.93. The van der Waals surface area contributed by atoms with Gasteiger partial charge in [0.2, 0.25) is 0 Å². The number of pyridine rings is 1. The van der Waals surface area contributed by atoms with Crippen LogP contribution in [0.3, 0.4) is 0 Å². The van der Waals surface area contributed by atoms with Crippen molar-refractivity contribution >= 4 is 16.8 Å². The third kappa shape index (κ3) is 2.53. The average Bonchev–Trinajstić information content (AvgIpc) is 3.09. The first-order valence-electron chi connectivity index (χ1n) is 8.55. The topological polar surface area (TPSA) is 51.7 Å². The molecule has 1 saturated carbocycles. The van der Waals surface area contributed by atoms with Gasteiger partial charge in [-0.3, -0.25) is 9.78 Å². The number of aryl methyl sites for hydroxylation is 1. The van der Waals surface area contributed by atoms with Gasteiger partial charge in [-0.05, 0) is 50.5 Å². The molecule has 24 heavy (non-hydrogen) atoms. The summed E-state index contributed by atoms with van der Waals surface area (Å²) in [6.45, 7) is 3.19. The molecule has 1 aromatic heterocycles. The number of fused-ring (bicyclic) bond motifs is 2. The quantitative estimate of drug-likeness (QED) is 0.851. The minimum Gasteiger partial charge on any atom is -0.497 e. The first-order valence-corrected chi connectivity index (χ1v) is 8.55. The summed E-state index contributed by atoms with van der Waals surface area (Å²) in [6, 6.07) is 7.91. The Morgan fingerprint density at radius 3 is 3.04 bits per heavy atom. The van der Waals surface area contributed by atoms with Crippen molar-refractivity contribution in [1.29, 1.82) is 0 Å². The van der Waals surface area contributed by atoms with E-state index in [9.17, 15) is 4.79 Å². The molecular formula is C19H22N2O3. The number of carbonyl (C=O) groups is 1. The van der Waals surface area contributed by atoms with E-state index < -0.39 is 0 Å². The van der Waals surface area contributed by atoms with E-state index in [2.05, 4.69) is 4.98 Å². The molecule has 0 N–H and O–H groups in total. The molecule has 5 heteroatoms. The number of amides is 1. The van der Waals surface area contributed by atoms with Crippen LogP contribution in [0.4, 0.5) is 0 Å². The lowest BCUT2D eigenvalue weighted by Gasteiger charge is -2.37. The predicted octanol–water partition coefficient (Wildman–Crippen LogP) is 2.95. The Kier molecular flexibility index (Phi) is 3.88. The molecule has 1 saturated heterocycles. The minimum atomic E-state index is 0.0740.